The van der Waals surface area contributed by atoms with E-state index < -0.39 is 0 Å². The van der Waals surface area contributed by atoms with Crippen molar-refractivity contribution in [3.63, 3.8) is 0 Å². The number of ether oxygens (including phenoxy) is 1. The van der Waals surface area contributed by atoms with Crippen molar-refractivity contribution in [1.82, 2.24) is 15.2 Å². The molecule has 2 heterocycles. The van der Waals surface area contributed by atoms with Crippen LogP contribution in [0.3, 0.4) is 0 Å². The molecule has 2 rings (SSSR count). The number of hydrazine groups is 1. The predicted octanol–water partition coefficient (Wildman–Crippen LogP) is 0.927. The molecule has 0 bridgehead atoms. The van der Waals surface area contributed by atoms with Crippen molar-refractivity contribution in [2.45, 2.75) is 25.8 Å². The minimum atomic E-state index is 0.00833. The van der Waals surface area contributed by atoms with E-state index in [1.165, 1.54) is 5.57 Å². The lowest BCUT2D eigenvalue weighted by Gasteiger charge is -2.22. The monoisotopic (exact) mass is 222 g/mol. The van der Waals surface area contributed by atoms with Crippen LogP contribution in [0.5, 0.6) is 0 Å². The van der Waals surface area contributed by atoms with Crippen LogP contribution in [0, 0.1) is 6.92 Å². The number of hydrogen-bond donors (Lipinski definition) is 2. The molecule has 1 aromatic heterocycles. The van der Waals surface area contributed by atoms with E-state index in [1.54, 1.807) is 4.68 Å². The Bertz CT molecular complexity index is 397. The summed E-state index contributed by atoms with van der Waals surface area (Å²) >= 11 is 0. The maximum absolute atomic E-state index is 5.63. The average Bonchev–Trinajstić information content (AvgIpc) is 2.61. The summed E-state index contributed by atoms with van der Waals surface area (Å²) in [4.78, 5) is 0. The van der Waals surface area contributed by atoms with Gasteiger partial charge in [0.15, 0.2) is 0 Å². The molecule has 5 nitrogen and oxygen atoms in total. The largest absolute Gasteiger partial charge is 0.501 e. The van der Waals surface area contributed by atoms with E-state index in [9.17, 15) is 0 Å². The molecule has 16 heavy (non-hydrogen) atoms. The smallest absolute Gasteiger partial charge is 0.0876 e. The van der Waals surface area contributed by atoms with Crippen LogP contribution >= 0.6 is 0 Å². The van der Waals surface area contributed by atoms with E-state index in [0.29, 0.717) is 0 Å². The third-order valence-electron chi connectivity index (χ3n) is 2.86. The summed E-state index contributed by atoms with van der Waals surface area (Å²) in [6.45, 7) is 2.79. The lowest BCUT2D eigenvalue weighted by atomic mass is 9.96. The number of aryl methyl sites for hydroxylation is 2. The van der Waals surface area contributed by atoms with Gasteiger partial charge in [0.25, 0.3) is 0 Å². The van der Waals surface area contributed by atoms with Crippen LogP contribution in [0.2, 0.25) is 0 Å². The van der Waals surface area contributed by atoms with Crippen LogP contribution < -0.4 is 11.3 Å². The zero-order valence-electron chi connectivity index (χ0n) is 9.73. The molecule has 0 radical (unpaired) electrons. The second-order valence-corrected chi connectivity index (χ2v) is 4.11. The highest BCUT2D eigenvalue weighted by Gasteiger charge is 2.21. The Balaban J connectivity index is 2.28. The number of nitrogens with two attached hydrogens (primary N) is 1. The third-order valence-corrected chi connectivity index (χ3v) is 2.86. The summed E-state index contributed by atoms with van der Waals surface area (Å²) in [5.74, 6) is 5.63. The van der Waals surface area contributed by atoms with Crippen molar-refractivity contribution in [3.8, 4) is 0 Å². The topological polar surface area (TPSA) is 65.1 Å². The van der Waals surface area contributed by atoms with Crippen molar-refractivity contribution in [2.24, 2.45) is 12.9 Å². The quantitative estimate of drug-likeness (QED) is 0.590. The van der Waals surface area contributed by atoms with E-state index in [4.69, 9.17) is 10.6 Å². The van der Waals surface area contributed by atoms with Crippen LogP contribution in [0.25, 0.3) is 0 Å². The van der Waals surface area contributed by atoms with Crippen molar-refractivity contribution >= 4 is 0 Å². The summed E-state index contributed by atoms with van der Waals surface area (Å²) in [5, 5.41) is 4.33. The van der Waals surface area contributed by atoms with Gasteiger partial charge in [-0.2, -0.15) is 5.10 Å². The molecule has 0 saturated carbocycles. The van der Waals surface area contributed by atoms with Gasteiger partial charge in [-0.25, -0.2) is 5.43 Å². The van der Waals surface area contributed by atoms with Crippen molar-refractivity contribution < 1.29 is 4.74 Å². The zero-order chi connectivity index (χ0) is 11.5. The van der Waals surface area contributed by atoms with Crippen LogP contribution in [-0.4, -0.2) is 16.4 Å². The highest BCUT2D eigenvalue weighted by molar-refractivity contribution is 5.29. The van der Waals surface area contributed by atoms with E-state index >= 15 is 0 Å². The molecule has 3 N–H and O–H groups in total. The molecule has 0 aromatic carbocycles. The Labute approximate surface area is 95.2 Å². The van der Waals surface area contributed by atoms with Gasteiger partial charge in [-0.15, -0.1) is 0 Å². The Kier molecular flexibility index (Phi) is 3.26. The van der Waals surface area contributed by atoms with Gasteiger partial charge in [0, 0.05) is 18.8 Å². The molecule has 0 amide bonds. The van der Waals surface area contributed by atoms with Gasteiger partial charge in [0.2, 0.25) is 0 Å². The Hall–Kier alpha value is -1.33. The van der Waals surface area contributed by atoms with Crippen LogP contribution in [0.4, 0.5) is 0 Å². The fraction of sp³-hybridized carbons (Fsp3) is 0.545. The molecular formula is C11H18N4O. The summed E-state index contributed by atoms with van der Waals surface area (Å²) in [6.07, 6.45) is 5.88. The highest BCUT2D eigenvalue weighted by atomic mass is 16.5. The molecule has 1 aliphatic heterocycles. The first-order valence-corrected chi connectivity index (χ1v) is 5.49. The van der Waals surface area contributed by atoms with Gasteiger partial charge in [-0.1, -0.05) is 0 Å². The zero-order valence-corrected chi connectivity index (χ0v) is 9.73. The lowest BCUT2D eigenvalue weighted by Crippen LogP contribution is -2.30. The Morgan fingerprint density at radius 3 is 2.94 bits per heavy atom. The first kappa shape index (κ1) is 11.2. The Morgan fingerprint density at radius 2 is 2.44 bits per heavy atom. The van der Waals surface area contributed by atoms with Gasteiger partial charge in [-0.3, -0.25) is 10.5 Å². The summed E-state index contributed by atoms with van der Waals surface area (Å²) in [6, 6.07) is 0.00833. The summed E-state index contributed by atoms with van der Waals surface area (Å²) in [5.41, 5.74) is 6.14. The average molecular weight is 222 g/mol. The van der Waals surface area contributed by atoms with Crippen molar-refractivity contribution in [2.75, 3.05) is 6.61 Å². The predicted molar refractivity (Wildman–Crippen MR) is 61.3 cm³/mol. The molecule has 1 aliphatic rings. The standard InChI is InChI=1S/C11H18N4O/c1-8-10(6-15(2)14-8)11(13-12)9-4-3-5-16-7-9/h6-7,11,13H,3-5,12H2,1-2H3. The lowest BCUT2D eigenvalue weighted by molar-refractivity contribution is 0.219. The van der Waals surface area contributed by atoms with Gasteiger partial charge >= 0.3 is 0 Å². The molecule has 5 heteroatoms. The Morgan fingerprint density at radius 1 is 1.62 bits per heavy atom. The van der Waals surface area contributed by atoms with Gasteiger partial charge in [0.05, 0.1) is 24.6 Å². The van der Waals surface area contributed by atoms with E-state index in [-0.39, 0.29) is 6.04 Å². The van der Waals surface area contributed by atoms with Gasteiger partial charge in [0.1, 0.15) is 0 Å². The number of nitrogens with zero attached hydrogens (tertiary/aromatic N) is 2. The number of hydrogen-bond acceptors (Lipinski definition) is 4. The molecule has 0 fully saturated rings. The van der Waals surface area contributed by atoms with Gasteiger partial charge in [-0.05, 0) is 25.3 Å². The molecule has 0 spiro atoms. The fourth-order valence-electron chi connectivity index (χ4n) is 2.09. The third kappa shape index (κ3) is 2.10. The first-order valence-electron chi connectivity index (χ1n) is 5.49. The van der Waals surface area contributed by atoms with Crippen molar-refractivity contribution in [3.05, 3.63) is 29.3 Å². The van der Waals surface area contributed by atoms with Crippen LogP contribution in [0.1, 0.15) is 30.1 Å². The molecule has 1 atom stereocenters. The number of rotatable bonds is 3. The molecule has 1 aromatic rings. The molecule has 0 aliphatic carbocycles. The second kappa shape index (κ2) is 4.67. The van der Waals surface area contributed by atoms with E-state index in [1.807, 2.05) is 26.4 Å². The first-order chi connectivity index (χ1) is 7.72. The highest BCUT2D eigenvalue weighted by Crippen LogP contribution is 2.28. The normalized spacial score (nSPS) is 17.8. The SMILES string of the molecule is Cc1nn(C)cc1C(NN)C1=COCCC1. The fourth-order valence-corrected chi connectivity index (χ4v) is 2.09. The minimum absolute atomic E-state index is 0.00833. The number of aromatic nitrogens is 2. The second-order valence-electron chi connectivity index (χ2n) is 4.11. The maximum Gasteiger partial charge on any atom is 0.0876 e. The summed E-state index contributed by atoms with van der Waals surface area (Å²) in [7, 11) is 1.91. The minimum Gasteiger partial charge on any atom is -0.501 e. The molecular weight excluding hydrogens is 204 g/mol. The summed E-state index contributed by atoms with van der Waals surface area (Å²) < 4.78 is 7.15. The molecule has 1 unspecified atom stereocenters. The van der Waals surface area contributed by atoms with E-state index in [2.05, 4.69) is 10.5 Å². The number of nitrogens with one attached hydrogen (secondary N) is 1. The van der Waals surface area contributed by atoms with E-state index in [0.717, 1.165) is 30.7 Å². The van der Waals surface area contributed by atoms with Crippen LogP contribution in [0.15, 0.2) is 18.0 Å². The van der Waals surface area contributed by atoms with Crippen molar-refractivity contribution in [1.29, 1.82) is 0 Å². The van der Waals surface area contributed by atoms with Crippen LogP contribution in [-0.2, 0) is 11.8 Å². The molecule has 0 saturated heterocycles. The van der Waals surface area contributed by atoms with Gasteiger partial charge < -0.3 is 4.74 Å². The molecule has 88 valence electrons. The maximum atomic E-state index is 5.63.